The van der Waals surface area contributed by atoms with Crippen molar-refractivity contribution in [1.82, 2.24) is 4.90 Å². The molecule has 0 aromatic rings. The summed E-state index contributed by atoms with van der Waals surface area (Å²) in [7, 11) is 0. The largest absolute Gasteiger partial charge is 0.394 e. The molecular weight excluding hydrogens is 282 g/mol. The summed E-state index contributed by atoms with van der Waals surface area (Å²) in [6.45, 7) is 8.67. The molecule has 102 valence electrons. The van der Waals surface area contributed by atoms with Crippen LogP contribution in [0.15, 0.2) is 0 Å². The molecule has 0 saturated carbocycles. The van der Waals surface area contributed by atoms with Crippen molar-refractivity contribution in [2.75, 3.05) is 38.2 Å². The average molecular weight is 308 g/mol. The number of ether oxygens (including phenoxy) is 1. The predicted octanol–water partition coefficient (Wildman–Crippen LogP) is 2.13. The van der Waals surface area contributed by atoms with Crippen molar-refractivity contribution in [2.45, 2.75) is 32.8 Å². The Kier molecular flexibility index (Phi) is 7.67. The van der Waals surface area contributed by atoms with Gasteiger partial charge in [-0.1, -0.05) is 29.8 Å². The van der Waals surface area contributed by atoms with Gasteiger partial charge in [-0.25, -0.2) is 0 Å². The standard InChI is InChI=1S/C13H26BrNO2/c1-11(2)12(9-14)10-15-5-3-13(4-6-15)17-8-7-16/h11-13,16H,3-10H2,1-2H3. The zero-order valence-corrected chi connectivity index (χ0v) is 12.7. The third kappa shape index (κ3) is 5.69. The highest BCUT2D eigenvalue weighted by Gasteiger charge is 2.22. The summed E-state index contributed by atoms with van der Waals surface area (Å²) in [6.07, 6.45) is 2.57. The molecule has 17 heavy (non-hydrogen) atoms. The molecule has 4 heteroatoms. The number of hydrogen-bond acceptors (Lipinski definition) is 3. The van der Waals surface area contributed by atoms with Gasteiger partial charge in [0.1, 0.15) is 0 Å². The molecule has 1 aliphatic heterocycles. The van der Waals surface area contributed by atoms with Crippen molar-refractivity contribution in [3.05, 3.63) is 0 Å². The van der Waals surface area contributed by atoms with Crippen molar-refractivity contribution in [3.63, 3.8) is 0 Å². The summed E-state index contributed by atoms with van der Waals surface area (Å²) >= 11 is 3.61. The molecule has 3 nitrogen and oxygen atoms in total. The second-order valence-corrected chi connectivity index (χ2v) is 5.90. The molecule has 0 aromatic carbocycles. The van der Waals surface area contributed by atoms with E-state index >= 15 is 0 Å². The first-order chi connectivity index (χ1) is 8.17. The zero-order valence-electron chi connectivity index (χ0n) is 11.1. The Morgan fingerprint density at radius 3 is 2.47 bits per heavy atom. The predicted molar refractivity (Wildman–Crippen MR) is 74.6 cm³/mol. The molecule has 1 saturated heterocycles. The van der Waals surface area contributed by atoms with Crippen molar-refractivity contribution in [2.24, 2.45) is 11.8 Å². The van der Waals surface area contributed by atoms with Gasteiger partial charge in [-0.05, 0) is 24.7 Å². The summed E-state index contributed by atoms with van der Waals surface area (Å²) < 4.78 is 5.57. The Bertz CT molecular complexity index is 194. The van der Waals surface area contributed by atoms with Crippen LogP contribution in [0.25, 0.3) is 0 Å². The third-order valence-electron chi connectivity index (χ3n) is 3.61. The lowest BCUT2D eigenvalue weighted by Gasteiger charge is -2.34. The number of hydrogen-bond donors (Lipinski definition) is 1. The van der Waals surface area contributed by atoms with Crippen LogP contribution in [0.5, 0.6) is 0 Å². The van der Waals surface area contributed by atoms with E-state index in [1.54, 1.807) is 0 Å². The molecule has 0 aromatic heterocycles. The van der Waals surface area contributed by atoms with E-state index < -0.39 is 0 Å². The fourth-order valence-corrected chi connectivity index (χ4v) is 3.20. The lowest BCUT2D eigenvalue weighted by Crippen LogP contribution is -2.41. The molecule has 1 fully saturated rings. The van der Waals surface area contributed by atoms with Crippen LogP contribution in [0, 0.1) is 11.8 Å². The van der Waals surface area contributed by atoms with Crippen LogP contribution < -0.4 is 0 Å². The van der Waals surface area contributed by atoms with Gasteiger partial charge in [-0.2, -0.15) is 0 Å². The number of piperidine rings is 1. The first-order valence-electron chi connectivity index (χ1n) is 6.68. The lowest BCUT2D eigenvalue weighted by atomic mass is 9.96. The molecule has 1 atom stereocenters. The Hall–Kier alpha value is 0.360. The van der Waals surface area contributed by atoms with E-state index in [1.165, 1.54) is 6.54 Å². The molecule has 0 bridgehead atoms. The zero-order chi connectivity index (χ0) is 12.7. The minimum Gasteiger partial charge on any atom is -0.394 e. The number of aliphatic hydroxyl groups is 1. The summed E-state index contributed by atoms with van der Waals surface area (Å²) in [4.78, 5) is 2.55. The number of nitrogens with zero attached hydrogens (tertiary/aromatic N) is 1. The molecule has 0 spiro atoms. The summed E-state index contributed by atoms with van der Waals surface area (Å²) in [5.41, 5.74) is 0. The van der Waals surface area contributed by atoms with Gasteiger partial charge >= 0.3 is 0 Å². The quantitative estimate of drug-likeness (QED) is 0.731. The number of rotatable bonds is 7. The molecule has 0 radical (unpaired) electrons. The monoisotopic (exact) mass is 307 g/mol. The summed E-state index contributed by atoms with van der Waals surface area (Å²) in [6, 6.07) is 0. The second-order valence-electron chi connectivity index (χ2n) is 5.25. The topological polar surface area (TPSA) is 32.7 Å². The lowest BCUT2D eigenvalue weighted by molar-refractivity contribution is -0.0103. The fourth-order valence-electron chi connectivity index (χ4n) is 2.25. The average Bonchev–Trinajstić information content (AvgIpc) is 2.34. The number of halogens is 1. The van der Waals surface area contributed by atoms with E-state index in [-0.39, 0.29) is 6.61 Å². The Morgan fingerprint density at radius 1 is 1.35 bits per heavy atom. The maximum Gasteiger partial charge on any atom is 0.0701 e. The maximum absolute atomic E-state index is 8.72. The van der Waals surface area contributed by atoms with Gasteiger partial charge in [0.15, 0.2) is 0 Å². The van der Waals surface area contributed by atoms with E-state index in [2.05, 4.69) is 34.7 Å². The summed E-state index contributed by atoms with van der Waals surface area (Å²) in [5, 5.41) is 9.81. The minimum atomic E-state index is 0.138. The van der Waals surface area contributed by atoms with Gasteiger partial charge < -0.3 is 14.7 Å². The number of aliphatic hydroxyl groups excluding tert-OH is 1. The van der Waals surface area contributed by atoms with Gasteiger partial charge in [-0.15, -0.1) is 0 Å². The maximum atomic E-state index is 8.72. The van der Waals surface area contributed by atoms with Crippen LogP contribution in [0.3, 0.4) is 0 Å². The van der Waals surface area contributed by atoms with Gasteiger partial charge in [0.2, 0.25) is 0 Å². The van der Waals surface area contributed by atoms with E-state index in [1.807, 2.05) is 0 Å². The van der Waals surface area contributed by atoms with E-state index in [0.29, 0.717) is 12.7 Å². The highest BCUT2D eigenvalue weighted by Crippen LogP contribution is 2.19. The first-order valence-corrected chi connectivity index (χ1v) is 7.80. The van der Waals surface area contributed by atoms with Gasteiger partial charge in [0, 0.05) is 25.0 Å². The van der Waals surface area contributed by atoms with Crippen LogP contribution in [-0.4, -0.2) is 54.3 Å². The second kappa shape index (κ2) is 8.46. The molecule has 1 heterocycles. The van der Waals surface area contributed by atoms with E-state index in [9.17, 15) is 0 Å². The van der Waals surface area contributed by atoms with Crippen LogP contribution >= 0.6 is 15.9 Å². The molecule has 1 unspecified atom stereocenters. The number of likely N-dealkylation sites (tertiary alicyclic amines) is 1. The molecular formula is C13H26BrNO2. The number of alkyl halides is 1. The van der Waals surface area contributed by atoms with Crippen LogP contribution in [0.1, 0.15) is 26.7 Å². The van der Waals surface area contributed by atoms with Gasteiger partial charge in [-0.3, -0.25) is 0 Å². The molecule has 1 rings (SSSR count). The van der Waals surface area contributed by atoms with E-state index in [0.717, 1.165) is 43.1 Å². The molecule has 1 aliphatic rings. The smallest absolute Gasteiger partial charge is 0.0701 e. The van der Waals surface area contributed by atoms with Crippen LogP contribution in [0.2, 0.25) is 0 Å². The fraction of sp³-hybridized carbons (Fsp3) is 1.00. The van der Waals surface area contributed by atoms with Crippen LogP contribution in [0.4, 0.5) is 0 Å². The molecule has 0 aliphatic carbocycles. The van der Waals surface area contributed by atoms with Crippen LogP contribution in [-0.2, 0) is 4.74 Å². The SMILES string of the molecule is CC(C)C(CBr)CN1CCC(OCCO)CC1. The third-order valence-corrected chi connectivity index (χ3v) is 4.44. The van der Waals surface area contributed by atoms with E-state index in [4.69, 9.17) is 9.84 Å². The van der Waals surface area contributed by atoms with Crippen molar-refractivity contribution < 1.29 is 9.84 Å². The Balaban J connectivity index is 2.22. The Morgan fingerprint density at radius 2 is 2.00 bits per heavy atom. The normalized spacial score (nSPS) is 21.0. The van der Waals surface area contributed by atoms with Gasteiger partial charge in [0.25, 0.3) is 0 Å². The highest BCUT2D eigenvalue weighted by atomic mass is 79.9. The van der Waals surface area contributed by atoms with Crippen molar-refractivity contribution in [1.29, 1.82) is 0 Å². The van der Waals surface area contributed by atoms with Crippen molar-refractivity contribution in [3.8, 4) is 0 Å². The van der Waals surface area contributed by atoms with Gasteiger partial charge in [0.05, 0.1) is 19.3 Å². The first kappa shape index (κ1) is 15.4. The Labute approximate surface area is 114 Å². The molecule has 1 N–H and O–H groups in total. The molecule has 0 amide bonds. The summed E-state index contributed by atoms with van der Waals surface area (Å²) in [5.74, 6) is 1.47. The minimum absolute atomic E-state index is 0.138. The highest BCUT2D eigenvalue weighted by molar-refractivity contribution is 9.09. The van der Waals surface area contributed by atoms with Crippen molar-refractivity contribution >= 4 is 15.9 Å².